The van der Waals surface area contributed by atoms with Gasteiger partial charge in [0.1, 0.15) is 5.82 Å². The van der Waals surface area contributed by atoms with Gasteiger partial charge in [-0.25, -0.2) is 4.39 Å². The van der Waals surface area contributed by atoms with Gasteiger partial charge in [-0.3, -0.25) is 9.89 Å². The second kappa shape index (κ2) is 7.68. The van der Waals surface area contributed by atoms with Gasteiger partial charge >= 0.3 is 13.1 Å². The van der Waals surface area contributed by atoms with Crippen LogP contribution in [-0.2, 0) is 18.8 Å². The second-order valence-electron chi connectivity index (χ2n) is 7.95. The maximum atomic E-state index is 13.3. The van der Waals surface area contributed by atoms with Gasteiger partial charge < -0.3 is 14.0 Å². The average Bonchev–Trinajstić information content (AvgIpc) is 3.16. The maximum absolute atomic E-state index is 13.3. The summed E-state index contributed by atoms with van der Waals surface area (Å²) in [5.41, 5.74) is 1.15. The summed E-state index contributed by atoms with van der Waals surface area (Å²) >= 11 is 0. The SMILES string of the molecule is CCOC(=O)CC(B1OC(C)(C)C(C)(C)O1)c1cn[nH]c1-c1ccc(F)cc1. The fourth-order valence-corrected chi connectivity index (χ4v) is 3.23. The van der Waals surface area contributed by atoms with Gasteiger partial charge in [-0.15, -0.1) is 0 Å². The number of carbonyl (C=O) groups is 1. The first kappa shape index (κ1) is 20.5. The minimum Gasteiger partial charge on any atom is -0.466 e. The van der Waals surface area contributed by atoms with Crippen LogP contribution in [0.3, 0.4) is 0 Å². The van der Waals surface area contributed by atoms with Gasteiger partial charge in [0.15, 0.2) is 0 Å². The van der Waals surface area contributed by atoms with Crippen molar-refractivity contribution in [2.75, 3.05) is 6.61 Å². The number of aromatic amines is 1. The topological polar surface area (TPSA) is 73.4 Å². The summed E-state index contributed by atoms with van der Waals surface area (Å²) in [6.45, 7) is 9.92. The summed E-state index contributed by atoms with van der Waals surface area (Å²) in [5, 5.41) is 7.11. The number of nitrogens with zero attached hydrogens (tertiary/aromatic N) is 1. The van der Waals surface area contributed by atoms with Gasteiger partial charge in [0.25, 0.3) is 0 Å². The highest BCUT2D eigenvalue weighted by Gasteiger charge is 2.54. The number of rotatable bonds is 6. The van der Waals surface area contributed by atoms with Crippen molar-refractivity contribution in [2.24, 2.45) is 0 Å². The summed E-state index contributed by atoms with van der Waals surface area (Å²) in [7, 11) is -0.647. The zero-order valence-corrected chi connectivity index (χ0v) is 16.9. The van der Waals surface area contributed by atoms with Crippen LogP contribution in [0.4, 0.5) is 4.39 Å². The van der Waals surface area contributed by atoms with Crippen LogP contribution in [0.15, 0.2) is 30.5 Å². The van der Waals surface area contributed by atoms with E-state index >= 15 is 0 Å². The standard InChI is InChI=1S/C20H26BFN2O4/c1-6-26-17(25)11-16(21-27-19(2,3)20(4,5)28-21)15-12-23-24-18(15)13-7-9-14(22)10-8-13/h7-10,12,16H,6,11H2,1-5H3,(H,23,24). The molecule has 1 aromatic carbocycles. The maximum Gasteiger partial charge on any atom is 0.466 e. The Hall–Kier alpha value is -2.19. The van der Waals surface area contributed by atoms with Crippen molar-refractivity contribution >= 4 is 13.1 Å². The first-order chi connectivity index (χ1) is 13.1. The van der Waals surface area contributed by atoms with Crippen molar-refractivity contribution in [1.29, 1.82) is 0 Å². The molecule has 0 aliphatic carbocycles. The Bertz CT molecular complexity index is 819. The third-order valence-corrected chi connectivity index (χ3v) is 5.49. The monoisotopic (exact) mass is 388 g/mol. The molecular weight excluding hydrogens is 362 g/mol. The van der Waals surface area contributed by atoms with Crippen LogP contribution < -0.4 is 0 Å². The lowest BCUT2D eigenvalue weighted by Crippen LogP contribution is -2.41. The quantitative estimate of drug-likeness (QED) is 0.601. The molecule has 2 heterocycles. The Morgan fingerprint density at radius 1 is 1.21 bits per heavy atom. The Balaban J connectivity index is 1.98. The number of H-pyrrole nitrogens is 1. The van der Waals surface area contributed by atoms with Gasteiger partial charge in [0.05, 0.1) is 36.1 Å². The number of hydrogen-bond donors (Lipinski definition) is 1. The highest BCUT2D eigenvalue weighted by molar-refractivity contribution is 6.48. The number of carbonyl (C=O) groups excluding carboxylic acids is 1. The molecule has 1 unspecified atom stereocenters. The number of hydrogen-bond acceptors (Lipinski definition) is 5. The Morgan fingerprint density at radius 2 is 1.82 bits per heavy atom. The van der Waals surface area contributed by atoms with Crippen molar-refractivity contribution in [2.45, 2.75) is 58.1 Å². The number of nitrogens with one attached hydrogen (secondary N) is 1. The van der Waals surface area contributed by atoms with Crippen LogP contribution in [-0.4, -0.2) is 41.1 Å². The van der Waals surface area contributed by atoms with E-state index in [0.717, 1.165) is 11.1 Å². The molecule has 8 heteroatoms. The van der Waals surface area contributed by atoms with E-state index < -0.39 is 24.1 Å². The van der Waals surface area contributed by atoms with E-state index in [1.165, 1.54) is 12.1 Å². The van der Waals surface area contributed by atoms with Gasteiger partial charge in [-0.05, 0) is 70.0 Å². The van der Waals surface area contributed by atoms with E-state index in [4.69, 9.17) is 14.0 Å². The van der Waals surface area contributed by atoms with Crippen molar-refractivity contribution < 1.29 is 23.2 Å². The van der Waals surface area contributed by atoms with E-state index in [0.29, 0.717) is 12.3 Å². The number of halogens is 1. The molecule has 28 heavy (non-hydrogen) atoms. The number of aromatic nitrogens is 2. The summed E-state index contributed by atoms with van der Waals surface area (Å²) in [4.78, 5) is 12.3. The molecule has 6 nitrogen and oxygen atoms in total. The predicted octanol–water partition coefficient (Wildman–Crippen LogP) is 3.88. The van der Waals surface area contributed by atoms with Crippen LogP contribution in [0.1, 0.15) is 52.4 Å². The molecule has 1 saturated heterocycles. The second-order valence-corrected chi connectivity index (χ2v) is 7.95. The molecule has 2 aromatic rings. The lowest BCUT2D eigenvalue weighted by atomic mass is 9.66. The molecule has 1 aliphatic heterocycles. The number of esters is 1. The first-order valence-electron chi connectivity index (χ1n) is 9.45. The fourth-order valence-electron chi connectivity index (χ4n) is 3.23. The van der Waals surface area contributed by atoms with E-state index in [9.17, 15) is 9.18 Å². The molecule has 0 spiro atoms. The number of ether oxygens (including phenoxy) is 1. The van der Waals surface area contributed by atoms with Gasteiger partial charge in [-0.1, -0.05) is 0 Å². The lowest BCUT2D eigenvalue weighted by Gasteiger charge is -2.32. The molecule has 3 rings (SSSR count). The molecule has 150 valence electrons. The summed E-state index contributed by atoms with van der Waals surface area (Å²) < 4.78 is 30.9. The summed E-state index contributed by atoms with van der Waals surface area (Å²) in [5.74, 6) is -1.09. The molecule has 1 aliphatic rings. The van der Waals surface area contributed by atoms with Crippen molar-refractivity contribution in [3.8, 4) is 11.3 Å². The Kier molecular flexibility index (Phi) is 5.63. The van der Waals surface area contributed by atoms with Crippen molar-refractivity contribution in [1.82, 2.24) is 10.2 Å². The highest BCUT2D eigenvalue weighted by atomic mass is 19.1. The predicted molar refractivity (Wildman–Crippen MR) is 104 cm³/mol. The molecular formula is C20H26BFN2O4. The smallest absolute Gasteiger partial charge is 0.466 e. The molecule has 1 aromatic heterocycles. The van der Waals surface area contributed by atoms with Crippen LogP contribution in [0.25, 0.3) is 11.3 Å². The fraction of sp³-hybridized carbons (Fsp3) is 0.500. The first-order valence-corrected chi connectivity index (χ1v) is 9.45. The minimum absolute atomic E-state index is 0.0817. The molecule has 0 radical (unpaired) electrons. The third-order valence-electron chi connectivity index (χ3n) is 5.49. The average molecular weight is 388 g/mol. The minimum atomic E-state index is -0.647. The van der Waals surface area contributed by atoms with E-state index in [-0.39, 0.29) is 18.2 Å². The van der Waals surface area contributed by atoms with Crippen LogP contribution in [0.2, 0.25) is 0 Å². The molecule has 1 fully saturated rings. The van der Waals surface area contributed by atoms with Gasteiger partial charge in [0.2, 0.25) is 0 Å². The van der Waals surface area contributed by atoms with E-state index in [1.54, 1.807) is 25.3 Å². The van der Waals surface area contributed by atoms with E-state index in [1.807, 2.05) is 27.7 Å². The third kappa shape index (κ3) is 3.98. The Morgan fingerprint density at radius 3 is 2.39 bits per heavy atom. The van der Waals surface area contributed by atoms with Gasteiger partial charge in [-0.2, -0.15) is 5.10 Å². The molecule has 1 atom stereocenters. The Labute approximate surface area is 164 Å². The largest absolute Gasteiger partial charge is 0.466 e. The molecule has 0 saturated carbocycles. The molecule has 0 bridgehead atoms. The summed E-state index contributed by atoms with van der Waals surface area (Å²) in [6, 6.07) is 6.10. The van der Waals surface area contributed by atoms with Crippen LogP contribution >= 0.6 is 0 Å². The highest BCUT2D eigenvalue weighted by Crippen LogP contribution is 2.43. The van der Waals surface area contributed by atoms with Crippen LogP contribution in [0.5, 0.6) is 0 Å². The van der Waals surface area contributed by atoms with E-state index in [2.05, 4.69) is 10.2 Å². The molecule has 1 N–H and O–H groups in total. The summed E-state index contributed by atoms with van der Waals surface area (Å²) in [6.07, 6.45) is 1.74. The number of benzene rings is 1. The van der Waals surface area contributed by atoms with Crippen LogP contribution in [0, 0.1) is 5.82 Å². The van der Waals surface area contributed by atoms with Crippen molar-refractivity contribution in [3.05, 3.63) is 41.8 Å². The zero-order chi connectivity index (χ0) is 20.5. The lowest BCUT2D eigenvalue weighted by molar-refractivity contribution is -0.143. The van der Waals surface area contributed by atoms with Gasteiger partial charge in [0, 0.05) is 5.82 Å². The normalized spacial score (nSPS) is 18.9. The molecule has 0 amide bonds. The zero-order valence-electron chi connectivity index (χ0n) is 16.9. The van der Waals surface area contributed by atoms with Crippen molar-refractivity contribution in [3.63, 3.8) is 0 Å².